The quantitative estimate of drug-likeness (QED) is 0.515. The molecule has 0 aliphatic rings. The Kier molecular flexibility index (Phi) is 4.59. The number of rotatable bonds is 6. The summed E-state index contributed by atoms with van der Waals surface area (Å²) in [5.41, 5.74) is 5.14. The summed E-state index contributed by atoms with van der Waals surface area (Å²) in [5.74, 6) is -3.29. The molecule has 0 unspecified atom stereocenters. The van der Waals surface area contributed by atoms with Gasteiger partial charge in [-0.3, -0.25) is 9.59 Å². The van der Waals surface area contributed by atoms with Crippen LogP contribution < -0.4 is 10.5 Å². The van der Waals surface area contributed by atoms with E-state index >= 15 is 0 Å². The molecule has 0 heterocycles. The molecule has 19 heavy (non-hydrogen) atoms. The van der Waals surface area contributed by atoms with Gasteiger partial charge in [-0.25, -0.2) is 8.42 Å². The van der Waals surface area contributed by atoms with Crippen LogP contribution in [0.5, 0.6) is 0 Å². The zero-order valence-electron chi connectivity index (χ0n) is 9.55. The lowest BCUT2D eigenvalue weighted by molar-refractivity contribution is -0.146. The highest BCUT2D eigenvalue weighted by Gasteiger charge is 2.34. The van der Waals surface area contributed by atoms with Crippen LogP contribution in [0.1, 0.15) is 0 Å². The molecule has 5 N–H and O–H groups in total. The third-order valence-corrected chi connectivity index (χ3v) is 3.70. The zero-order valence-corrected chi connectivity index (χ0v) is 10.4. The van der Waals surface area contributed by atoms with E-state index in [9.17, 15) is 18.0 Å². The number of carboxylic acid groups (broad SMARTS) is 2. The van der Waals surface area contributed by atoms with Gasteiger partial charge >= 0.3 is 11.9 Å². The molecule has 0 fully saturated rings. The van der Waals surface area contributed by atoms with Gasteiger partial charge in [0.05, 0.1) is 4.90 Å². The van der Waals surface area contributed by atoms with Crippen LogP contribution in [0.25, 0.3) is 0 Å². The van der Waals surface area contributed by atoms with Crippen molar-refractivity contribution in [2.75, 3.05) is 0 Å². The molecule has 0 saturated heterocycles. The Morgan fingerprint density at radius 1 is 1.11 bits per heavy atom. The molecule has 0 aromatic heterocycles. The lowest BCUT2D eigenvalue weighted by Gasteiger charge is -2.18. The van der Waals surface area contributed by atoms with Crippen LogP contribution in [-0.4, -0.2) is 42.7 Å². The topological polar surface area (TPSA) is 147 Å². The first-order valence-electron chi connectivity index (χ1n) is 5.04. The Morgan fingerprint density at radius 2 is 1.63 bits per heavy atom. The minimum Gasteiger partial charge on any atom is -0.480 e. The Balaban J connectivity index is 3.04. The number of aliphatic carboxylic acids is 2. The number of carbonyl (C=O) groups is 2. The van der Waals surface area contributed by atoms with Crippen LogP contribution in [-0.2, 0) is 19.6 Å². The first kappa shape index (κ1) is 15.1. The molecular weight excluding hydrogens is 276 g/mol. The smallest absolute Gasteiger partial charge is 0.323 e. The number of carboxylic acids is 2. The second kappa shape index (κ2) is 5.78. The number of nitrogens with two attached hydrogens (primary N) is 1. The Hall–Kier alpha value is -1.97. The average molecular weight is 288 g/mol. The molecule has 0 aliphatic carbocycles. The van der Waals surface area contributed by atoms with Crippen molar-refractivity contribution in [2.24, 2.45) is 5.73 Å². The summed E-state index contributed by atoms with van der Waals surface area (Å²) in [6, 6.07) is 3.11. The molecule has 1 aromatic carbocycles. The number of benzene rings is 1. The van der Waals surface area contributed by atoms with Gasteiger partial charge in [-0.15, -0.1) is 0 Å². The standard InChI is InChI=1S/C10H12N2O6S/c11-7(9(13)14)8(10(15)16)12-19(17,18)6-4-2-1-3-5-6/h1-5,7-8,12H,11H2,(H,13,14)(H,15,16)/t7-,8-/m0/s1. The summed E-state index contributed by atoms with van der Waals surface area (Å²) in [7, 11) is -4.16. The van der Waals surface area contributed by atoms with Gasteiger partial charge in [0.25, 0.3) is 0 Å². The molecule has 0 saturated carbocycles. The van der Waals surface area contributed by atoms with Crippen LogP contribution in [0.3, 0.4) is 0 Å². The van der Waals surface area contributed by atoms with E-state index in [1.54, 1.807) is 10.8 Å². The van der Waals surface area contributed by atoms with Gasteiger partial charge in [0, 0.05) is 0 Å². The fourth-order valence-corrected chi connectivity index (χ4v) is 2.49. The fraction of sp³-hybridized carbons (Fsp3) is 0.200. The molecule has 9 heteroatoms. The number of nitrogens with one attached hydrogen (secondary N) is 1. The van der Waals surface area contributed by atoms with E-state index in [1.165, 1.54) is 24.3 Å². The number of hydrogen-bond donors (Lipinski definition) is 4. The maximum atomic E-state index is 11.9. The normalized spacial score (nSPS) is 14.6. The molecule has 2 atom stereocenters. The summed E-state index contributed by atoms with van der Waals surface area (Å²) >= 11 is 0. The summed E-state index contributed by atoms with van der Waals surface area (Å²) in [5, 5.41) is 17.5. The van der Waals surface area contributed by atoms with Crippen molar-refractivity contribution >= 4 is 22.0 Å². The van der Waals surface area contributed by atoms with E-state index in [2.05, 4.69) is 0 Å². The van der Waals surface area contributed by atoms with Gasteiger partial charge in [-0.1, -0.05) is 18.2 Å². The van der Waals surface area contributed by atoms with Crippen molar-refractivity contribution in [3.8, 4) is 0 Å². The molecule has 0 amide bonds. The van der Waals surface area contributed by atoms with Crippen molar-refractivity contribution in [2.45, 2.75) is 17.0 Å². The van der Waals surface area contributed by atoms with Gasteiger partial charge in [0.1, 0.15) is 12.1 Å². The van der Waals surface area contributed by atoms with Gasteiger partial charge in [-0.05, 0) is 12.1 Å². The second-order valence-electron chi connectivity index (χ2n) is 3.61. The number of sulfonamides is 1. The van der Waals surface area contributed by atoms with E-state index < -0.39 is 34.0 Å². The first-order chi connectivity index (χ1) is 8.75. The predicted octanol–water partition coefficient (Wildman–Crippen LogP) is -1.17. The van der Waals surface area contributed by atoms with Crippen LogP contribution >= 0.6 is 0 Å². The highest BCUT2D eigenvalue weighted by atomic mass is 32.2. The van der Waals surface area contributed by atoms with E-state index in [-0.39, 0.29) is 4.90 Å². The van der Waals surface area contributed by atoms with E-state index in [0.29, 0.717) is 0 Å². The maximum absolute atomic E-state index is 11.9. The van der Waals surface area contributed by atoms with Crippen LogP contribution in [0.15, 0.2) is 35.2 Å². The summed E-state index contributed by atoms with van der Waals surface area (Å²) in [6.45, 7) is 0. The number of hydrogen-bond acceptors (Lipinski definition) is 5. The molecule has 1 aromatic rings. The van der Waals surface area contributed by atoms with Crippen LogP contribution in [0.4, 0.5) is 0 Å². The SMILES string of the molecule is N[C@H](C(=O)O)[C@H](NS(=O)(=O)c1ccccc1)C(=O)O. The second-order valence-corrected chi connectivity index (χ2v) is 5.33. The summed E-state index contributed by atoms with van der Waals surface area (Å²) in [4.78, 5) is 21.3. The van der Waals surface area contributed by atoms with E-state index in [0.717, 1.165) is 0 Å². The largest absolute Gasteiger partial charge is 0.480 e. The Bertz CT molecular complexity index is 571. The highest BCUT2D eigenvalue weighted by Crippen LogP contribution is 2.09. The van der Waals surface area contributed by atoms with E-state index in [1.807, 2.05) is 0 Å². The molecule has 1 rings (SSSR count). The van der Waals surface area contributed by atoms with Crippen molar-refractivity contribution < 1.29 is 28.2 Å². The van der Waals surface area contributed by atoms with Gasteiger partial charge in [-0.2, -0.15) is 4.72 Å². The molecule has 0 aliphatic heterocycles. The van der Waals surface area contributed by atoms with Crippen molar-refractivity contribution in [1.29, 1.82) is 0 Å². The van der Waals surface area contributed by atoms with Crippen LogP contribution in [0.2, 0.25) is 0 Å². The molecular formula is C10H12N2O6S. The molecule has 0 bridgehead atoms. The predicted molar refractivity (Wildman–Crippen MR) is 63.8 cm³/mol. The van der Waals surface area contributed by atoms with Gasteiger partial charge < -0.3 is 15.9 Å². The molecule has 0 spiro atoms. The van der Waals surface area contributed by atoms with Crippen molar-refractivity contribution in [3.63, 3.8) is 0 Å². The van der Waals surface area contributed by atoms with Crippen molar-refractivity contribution in [1.82, 2.24) is 4.72 Å². The monoisotopic (exact) mass is 288 g/mol. The minimum atomic E-state index is -4.16. The first-order valence-corrected chi connectivity index (χ1v) is 6.52. The Labute approximate surface area is 108 Å². The molecule has 8 nitrogen and oxygen atoms in total. The third kappa shape index (κ3) is 3.74. The molecule has 104 valence electrons. The average Bonchev–Trinajstić information content (AvgIpc) is 2.36. The van der Waals surface area contributed by atoms with Gasteiger partial charge in [0.15, 0.2) is 0 Å². The lowest BCUT2D eigenvalue weighted by atomic mass is 10.1. The summed E-state index contributed by atoms with van der Waals surface area (Å²) in [6.07, 6.45) is 0. The Morgan fingerprint density at radius 3 is 2.05 bits per heavy atom. The van der Waals surface area contributed by atoms with Crippen molar-refractivity contribution in [3.05, 3.63) is 30.3 Å². The molecule has 0 radical (unpaired) electrons. The van der Waals surface area contributed by atoms with Gasteiger partial charge in [0.2, 0.25) is 10.0 Å². The maximum Gasteiger partial charge on any atom is 0.323 e. The summed E-state index contributed by atoms with van der Waals surface area (Å²) < 4.78 is 25.5. The lowest BCUT2D eigenvalue weighted by Crippen LogP contribution is -2.55. The van der Waals surface area contributed by atoms with E-state index in [4.69, 9.17) is 15.9 Å². The highest BCUT2D eigenvalue weighted by molar-refractivity contribution is 7.89. The zero-order chi connectivity index (χ0) is 14.6. The fourth-order valence-electron chi connectivity index (χ4n) is 1.25. The minimum absolute atomic E-state index is 0.182. The third-order valence-electron chi connectivity index (χ3n) is 2.25. The van der Waals surface area contributed by atoms with Crippen LogP contribution in [0, 0.1) is 0 Å².